The Morgan fingerprint density at radius 3 is 1.43 bits per heavy atom. The second kappa shape index (κ2) is 15.2. The van der Waals surface area contributed by atoms with Crippen LogP contribution in [-0.2, 0) is 24.9 Å². The molecule has 1 N–H and O–H groups in total. The summed E-state index contributed by atoms with van der Waals surface area (Å²) in [6.07, 6.45) is 4.91. The summed E-state index contributed by atoms with van der Waals surface area (Å²) in [6.45, 7) is 2.85. The summed E-state index contributed by atoms with van der Waals surface area (Å²) >= 11 is 3.49. The number of allylic oxidation sites excluding steroid dienone is 2. The van der Waals surface area contributed by atoms with Crippen LogP contribution in [0.5, 0.6) is 0 Å². The van der Waals surface area contributed by atoms with Crippen molar-refractivity contribution in [1.29, 1.82) is 0 Å². The molecule has 229 valence electrons. The van der Waals surface area contributed by atoms with Crippen LogP contribution in [0.2, 0.25) is 0 Å². The molecule has 4 aromatic carbocycles. The number of carbonyl (C=O) groups is 1. The van der Waals surface area contributed by atoms with Crippen LogP contribution in [0, 0.1) is 12.1 Å². The van der Waals surface area contributed by atoms with E-state index in [1.54, 1.807) is 22.7 Å². The number of aliphatic hydroxyl groups excluding tert-OH is 1. The molecule has 0 atom stereocenters. The van der Waals surface area contributed by atoms with Crippen molar-refractivity contribution in [1.82, 2.24) is 9.97 Å². The smallest absolute Gasteiger partial charge is 0.155 e. The molecule has 0 amide bonds. The molecular weight excluding hydrogens is 785 g/mol. The first-order chi connectivity index (χ1) is 22.0. The van der Waals surface area contributed by atoms with Gasteiger partial charge >= 0.3 is 0 Å². The number of thiophene rings is 2. The maximum absolute atomic E-state index is 10.0. The van der Waals surface area contributed by atoms with E-state index in [1.165, 1.54) is 50.9 Å². The molecule has 1 radical (unpaired) electrons. The Morgan fingerprint density at radius 2 is 1.04 bits per heavy atom. The summed E-state index contributed by atoms with van der Waals surface area (Å²) < 4.78 is 2.51. The van der Waals surface area contributed by atoms with Crippen LogP contribution >= 0.6 is 22.7 Å². The molecule has 8 aromatic rings. The molecule has 0 aliphatic carbocycles. The molecule has 0 aliphatic rings. The monoisotopic (exact) mass is 813 g/mol. The molecule has 0 saturated heterocycles. The van der Waals surface area contributed by atoms with Gasteiger partial charge < -0.3 is 15.1 Å². The first kappa shape index (κ1) is 32.9. The fraction of sp³-hybridized carbons (Fsp3) is 0.0513. The van der Waals surface area contributed by atoms with Crippen LogP contribution in [0.3, 0.4) is 0 Å². The minimum Gasteiger partial charge on any atom is -0.512 e. The fourth-order valence-electron chi connectivity index (χ4n) is 4.94. The second-order valence-electron chi connectivity index (χ2n) is 10.3. The number of hydrogen-bond acceptors (Lipinski definition) is 6. The average Bonchev–Trinajstić information content (AvgIpc) is 3.69. The van der Waals surface area contributed by atoms with Gasteiger partial charge in [0.15, 0.2) is 5.78 Å². The van der Waals surface area contributed by atoms with Crippen molar-refractivity contribution in [3.63, 3.8) is 0 Å². The Balaban J connectivity index is 0.000000149. The largest absolute Gasteiger partial charge is 0.512 e. The average molecular weight is 813 g/mol. The zero-order valence-electron chi connectivity index (χ0n) is 25.0. The van der Waals surface area contributed by atoms with Crippen LogP contribution in [0.4, 0.5) is 0 Å². The zero-order valence-corrected chi connectivity index (χ0v) is 29.1. The van der Waals surface area contributed by atoms with Gasteiger partial charge in [-0.3, -0.25) is 4.79 Å². The molecule has 7 heteroatoms. The molecule has 4 heterocycles. The number of nitrogens with zero attached hydrogens (tertiary/aromatic N) is 2. The molecular formula is C39H28IrN2O2S2-2. The van der Waals surface area contributed by atoms with Crippen molar-refractivity contribution in [2.45, 2.75) is 13.8 Å². The van der Waals surface area contributed by atoms with Gasteiger partial charge in [-0.25, -0.2) is 22.7 Å². The Labute approximate surface area is 289 Å². The third-order valence-corrected chi connectivity index (χ3v) is 9.04. The van der Waals surface area contributed by atoms with Gasteiger partial charge in [0.2, 0.25) is 0 Å². The maximum atomic E-state index is 10.0. The van der Waals surface area contributed by atoms with Gasteiger partial charge in [-0.2, -0.15) is 0 Å². The molecule has 0 unspecified atom stereocenters. The maximum Gasteiger partial charge on any atom is 0.155 e. The molecule has 0 fully saturated rings. The molecule has 8 rings (SSSR count). The van der Waals surface area contributed by atoms with Gasteiger partial charge in [-0.1, -0.05) is 72.8 Å². The van der Waals surface area contributed by atoms with E-state index in [4.69, 9.17) is 5.11 Å². The number of fused-ring (bicyclic) bond motifs is 4. The van der Waals surface area contributed by atoms with Crippen molar-refractivity contribution in [2.75, 3.05) is 0 Å². The third-order valence-electron chi connectivity index (χ3n) is 6.88. The van der Waals surface area contributed by atoms with E-state index in [-0.39, 0.29) is 31.6 Å². The minimum atomic E-state index is -0.125. The van der Waals surface area contributed by atoms with E-state index in [0.29, 0.717) is 0 Å². The van der Waals surface area contributed by atoms with E-state index < -0.39 is 0 Å². The number of aromatic nitrogens is 2. The zero-order chi connectivity index (χ0) is 31.2. The van der Waals surface area contributed by atoms with Crippen molar-refractivity contribution < 1.29 is 30.0 Å². The summed E-state index contributed by atoms with van der Waals surface area (Å²) in [4.78, 5) is 21.3. The van der Waals surface area contributed by atoms with E-state index >= 15 is 0 Å². The van der Waals surface area contributed by atoms with Gasteiger partial charge in [0.05, 0.1) is 5.76 Å². The molecule has 0 bridgehead atoms. The number of hydrogen-bond donors (Lipinski definition) is 1. The summed E-state index contributed by atoms with van der Waals surface area (Å²) in [5.41, 5.74) is 2.05. The Kier molecular flexibility index (Phi) is 10.8. The molecule has 0 spiro atoms. The Bertz CT molecular complexity index is 2080. The van der Waals surface area contributed by atoms with Gasteiger partial charge in [-0.05, 0) is 66.7 Å². The summed E-state index contributed by atoms with van der Waals surface area (Å²) in [5.74, 6) is -0.0625. The van der Waals surface area contributed by atoms with Crippen molar-refractivity contribution in [3.05, 3.63) is 146 Å². The molecule has 0 aliphatic heterocycles. The van der Waals surface area contributed by atoms with E-state index in [1.807, 2.05) is 36.7 Å². The van der Waals surface area contributed by atoms with Gasteiger partial charge in [-0.15, -0.1) is 47.2 Å². The second-order valence-corrected chi connectivity index (χ2v) is 12.4. The SMILES string of the molecule is CC(=O)/C=C(/C)O.[Ir].[c-]1c(-c2nccc3ccccc23)sc2ccccc12.[c-]1c(-c2nccc3ccccc23)sc2ccccc12. The number of carbonyl (C=O) groups excluding carboxylic acids is 1. The summed E-state index contributed by atoms with van der Waals surface area (Å²) in [7, 11) is 0. The first-order valence-corrected chi connectivity index (χ1v) is 16.0. The predicted octanol–water partition coefficient (Wildman–Crippen LogP) is 10.9. The number of pyridine rings is 2. The fourth-order valence-corrected chi connectivity index (χ4v) is 6.98. The van der Waals surface area contributed by atoms with Crippen molar-refractivity contribution in [3.8, 4) is 21.1 Å². The standard InChI is InChI=1S/2C17H10NS.C5H8O2.Ir/c2*1-3-7-14-12(5-1)9-10-18-17(14)16-11-13-6-2-4-8-15(13)19-16;1-4(6)3-5(2)7;/h2*1-10H;3,6H,1-2H3;/q2*-1;;/b;;4-3-;. The van der Waals surface area contributed by atoms with Crippen molar-refractivity contribution in [2.24, 2.45) is 0 Å². The van der Waals surface area contributed by atoms with Crippen LogP contribution in [0.15, 0.2) is 133 Å². The summed E-state index contributed by atoms with van der Waals surface area (Å²) in [6, 6.07) is 44.4. The third kappa shape index (κ3) is 7.64. The van der Waals surface area contributed by atoms with Gasteiger partial charge in [0.25, 0.3) is 0 Å². The topological polar surface area (TPSA) is 63.1 Å². The summed E-state index contributed by atoms with van der Waals surface area (Å²) in [5, 5.41) is 15.5. The minimum absolute atomic E-state index is 0. The normalized spacial score (nSPS) is 11.0. The van der Waals surface area contributed by atoms with Crippen LogP contribution in [0.1, 0.15) is 13.8 Å². The quantitative estimate of drug-likeness (QED) is 0.110. The molecule has 46 heavy (non-hydrogen) atoms. The predicted molar refractivity (Wildman–Crippen MR) is 190 cm³/mol. The number of aliphatic hydroxyl groups is 1. The number of rotatable bonds is 3. The van der Waals surface area contributed by atoms with Gasteiger partial charge in [0.1, 0.15) is 0 Å². The van der Waals surface area contributed by atoms with E-state index in [2.05, 4.69) is 107 Å². The van der Waals surface area contributed by atoms with Crippen LogP contribution in [0.25, 0.3) is 62.9 Å². The van der Waals surface area contributed by atoms with E-state index in [0.717, 1.165) is 31.9 Å². The van der Waals surface area contributed by atoms with Crippen molar-refractivity contribution >= 4 is 70.2 Å². The Hall–Kier alpha value is -4.52. The van der Waals surface area contributed by atoms with Crippen LogP contribution in [-0.4, -0.2) is 20.9 Å². The molecule has 0 saturated carbocycles. The van der Waals surface area contributed by atoms with Crippen LogP contribution < -0.4 is 0 Å². The number of ketones is 1. The molecule has 4 aromatic heterocycles. The molecule has 4 nitrogen and oxygen atoms in total. The Morgan fingerprint density at radius 1 is 0.630 bits per heavy atom. The number of benzene rings is 4. The van der Waals surface area contributed by atoms with Gasteiger partial charge in [0, 0.05) is 50.0 Å². The van der Waals surface area contributed by atoms with E-state index in [9.17, 15) is 4.79 Å². The first-order valence-electron chi connectivity index (χ1n) is 14.3.